The summed E-state index contributed by atoms with van der Waals surface area (Å²) in [6.45, 7) is 1.73. The summed E-state index contributed by atoms with van der Waals surface area (Å²) in [5, 5.41) is 0. The van der Waals surface area contributed by atoms with Crippen molar-refractivity contribution in [1.82, 2.24) is 4.98 Å². The number of ether oxygens (including phenoxy) is 1. The summed E-state index contributed by atoms with van der Waals surface area (Å²) in [5.41, 5.74) is -0.733. The quantitative estimate of drug-likeness (QED) is 0.591. The van der Waals surface area contributed by atoms with Crippen LogP contribution in [0.25, 0.3) is 0 Å². The second-order valence-electron chi connectivity index (χ2n) is 2.95. The molecule has 0 saturated carbocycles. The first-order valence-corrected chi connectivity index (χ1v) is 4.63. The molecule has 16 heavy (non-hydrogen) atoms. The summed E-state index contributed by atoms with van der Waals surface area (Å²) in [6.07, 6.45) is -3.25. The number of carbonyl (C=O) groups is 1. The number of halogens is 3. The minimum Gasteiger partial charge on any atom is -0.466 e. The van der Waals surface area contributed by atoms with Crippen LogP contribution in [0.15, 0.2) is 12.1 Å². The van der Waals surface area contributed by atoms with Crippen molar-refractivity contribution in [2.45, 2.75) is 19.8 Å². The van der Waals surface area contributed by atoms with Crippen LogP contribution in [0.5, 0.6) is 0 Å². The highest BCUT2D eigenvalue weighted by Crippen LogP contribution is 2.22. The van der Waals surface area contributed by atoms with Crippen LogP contribution in [0.2, 0.25) is 0 Å². The number of rotatable bonds is 4. The van der Waals surface area contributed by atoms with Gasteiger partial charge in [0, 0.05) is 5.56 Å². The predicted molar refractivity (Wildman–Crippen MR) is 49.5 cm³/mol. The minimum absolute atomic E-state index is 0.137. The van der Waals surface area contributed by atoms with Crippen molar-refractivity contribution in [3.8, 4) is 0 Å². The fourth-order valence-electron chi connectivity index (χ4n) is 1.17. The first-order chi connectivity index (χ1) is 7.54. The molecule has 1 aromatic rings. The summed E-state index contributed by atoms with van der Waals surface area (Å²) in [5.74, 6) is -1.61. The molecule has 0 atom stereocenters. The molecular weight excluding hydrogens is 223 g/mol. The monoisotopic (exact) mass is 233 g/mol. The summed E-state index contributed by atoms with van der Waals surface area (Å²) >= 11 is 0. The average molecular weight is 233 g/mol. The number of nitrogens with zero attached hydrogens (tertiary/aromatic N) is 1. The van der Waals surface area contributed by atoms with Gasteiger partial charge in [0.1, 0.15) is 0 Å². The lowest BCUT2D eigenvalue weighted by atomic mass is 10.1. The van der Waals surface area contributed by atoms with Crippen LogP contribution in [-0.4, -0.2) is 17.6 Å². The largest absolute Gasteiger partial charge is 0.466 e. The maximum absolute atomic E-state index is 12.7. The second-order valence-corrected chi connectivity index (χ2v) is 2.95. The Morgan fingerprint density at radius 3 is 2.75 bits per heavy atom. The van der Waals surface area contributed by atoms with Gasteiger partial charge in [-0.3, -0.25) is 4.79 Å². The molecule has 1 aromatic heterocycles. The highest BCUT2D eigenvalue weighted by atomic mass is 19.3. The van der Waals surface area contributed by atoms with E-state index in [2.05, 4.69) is 9.72 Å². The first kappa shape index (κ1) is 12.5. The van der Waals surface area contributed by atoms with Crippen molar-refractivity contribution < 1.29 is 22.7 Å². The third-order valence-electron chi connectivity index (χ3n) is 1.83. The first-order valence-electron chi connectivity index (χ1n) is 4.63. The SMILES string of the molecule is CCOC(=O)Cc1nc(F)ccc1C(F)F. The number of aromatic nitrogens is 1. The number of esters is 1. The summed E-state index contributed by atoms with van der Waals surface area (Å²) in [4.78, 5) is 14.3. The molecule has 0 aliphatic carbocycles. The lowest BCUT2D eigenvalue weighted by Crippen LogP contribution is -2.11. The molecule has 0 amide bonds. The van der Waals surface area contributed by atoms with Crippen LogP contribution in [-0.2, 0) is 16.0 Å². The molecule has 0 radical (unpaired) electrons. The number of alkyl halides is 2. The second kappa shape index (κ2) is 5.48. The number of hydrogen-bond acceptors (Lipinski definition) is 3. The van der Waals surface area contributed by atoms with E-state index in [4.69, 9.17) is 0 Å². The summed E-state index contributed by atoms with van der Waals surface area (Å²) < 4.78 is 42.3. The zero-order chi connectivity index (χ0) is 12.1. The van der Waals surface area contributed by atoms with Crippen molar-refractivity contribution >= 4 is 5.97 Å². The van der Waals surface area contributed by atoms with Crippen molar-refractivity contribution in [2.75, 3.05) is 6.61 Å². The van der Waals surface area contributed by atoms with Crippen molar-refractivity contribution in [3.05, 3.63) is 29.3 Å². The normalized spacial score (nSPS) is 10.6. The zero-order valence-corrected chi connectivity index (χ0v) is 8.54. The molecule has 0 N–H and O–H groups in total. The molecule has 3 nitrogen and oxygen atoms in total. The van der Waals surface area contributed by atoms with E-state index in [0.717, 1.165) is 12.1 Å². The van der Waals surface area contributed by atoms with Crippen LogP contribution in [0.3, 0.4) is 0 Å². The van der Waals surface area contributed by atoms with Crippen molar-refractivity contribution in [1.29, 1.82) is 0 Å². The maximum atomic E-state index is 12.7. The van der Waals surface area contributed by atoms with Crippen LogP contribution in [0, 0.1) is 5.95 Å². The fourth-order valence-corrected chi connectivity index (χ4v) is 1.17. The average Bonchev–Trinajstić information content (AvgIpc) is 2.17. The smallest absolute Gasteiger partial charge is 0.311 e. The third kappa shape index (κ3) is 3.22. The predicted octanol–water partition coefficient (Wildman–Crippen LogP) is 2.26. The molecule has 0 aliphatic heterocycles. The molecule has 0 spiro atoms. The standard InChI is InChI=1S/C10H10F3NO2/c1-2-16-9(15)5-7-6(10(12)13)3-4-8(11)14-7/h3-4,10H,2,5H2,1H3. The van der Waals surface area contributed by atoms with Crippen LogP contribution >= 0.6 is 0 Å². The van der Waals surface area contributed by atoms with Gasteiger partial charge in [-0.25, -0.2) is 13.8 Å². The molecule has 0 fully saturated rings. The Kier molecular flexibility index (Phi) is 4.28. The van der Waals surface area contributed by atoms with E-state index < -0.39 is 30.3 Å². The van der Waals surface area contributed by atoms with Gasteiger partial charge < -0.3 is 4.74 Å². The maximum Gasteiger partial charge on any atom is 0.311 e. The van der Waals surface area contributed by atoms with E-state index in [0.29, 0.717) is 0 Å². The van der Waals surface area contributed by atoms with Gasteiger partial charge in [0.2, 0.25) is 5.95 Å². The van der Waals surface area contributed by atoms with Gasteiger partial charge in [-0.15, -0.1) is 0 Å². The Hall–Kier alpha value is -1.59. The molecule has 0 saturated heterocycles. The Labute approximate surface area is 90.2 Å². The van der Waals surface area contributed by atoms with E-state index in [9.17, 15) is 18.0 Å². The van der Waals surface area contributed by atoms with Gasteiger partial charge >= 0.3 is 5.97 Å². The molecule has 88 valence electrons. The molecule has 0 unspecified atom stereocenters. The van der Waals surface area contributed by atoms with E-state index in [-0.39, 0.29) is 12.3 Å². The van der Waals surface area contributed by atoms with Gasteiger partial charge in [0.25, 0.3) is 6.43 Å². The van der Waals surface area contributed by atoms with Crippen LogP contribution < -0.4 is 0 Å². The Morgan fingerprint density at radius 1 is 1.50 bits per heavy atom. The van der Waals surface area contributed by atoms with Gasteiger partial charge in [-0.05, 0) is 19.1 Å². The highest BCUT2D eigenvalue weighted by Gasteiger charge is 2.17. The van der Waals surface area contributed by atoms with Crippen LogP contribution in [0.1, 0.15) is 24.6 Å². The molecule has 0 aromatic carbocycles. The Balaban J connectivity index is 2.92. The van der Waals surface area contributed by atoms with Crippen molar-refractivity contribution in [2.24, 2.45) is 0 Å². The lowest BCUT2D eigenvalue weighted by Gasteiger charge is -2.07. The molecule has 1 heterocycles. The zero-order valence-electron chi connectivity index (χ0n) is 8.54. The van der Waals surface area contributed by atoms with Gasteiger partial charge in [0.15, 0.2) is 0 Å². The number of pyridine rings is 1. The minimum atomic E-state index is -2.79. The van der Waals surface area contributed by atoms with E-state index in [1.807, 2.05) is 0 Å². The van der Waals surface area contributed by atoms with E-state index in [1.54, 1.807) is 6.92 Å². The number of carbonyl (C=O) groups excluding carboxylic acids is 1. The molecule has 1 rings (SSSR count). The van der Waals surface area contributed by atoms with Gasteiger partial charge in [0.05, 0.1) is 18.7 Å². The van der Waals surface area contributed by atoms with Gasteiger partial charge in [-0.2, -0.15) is 4.39 Å². The third-order valence-corrected chi connectivity index (χ3v) is 1.83. The summed E-state index contributed by atoms with van der Waals surface area (Å²) in [6, 6.07) is 1.75. The van der Waals surface area contributed by atoms with Crippen molar-refractivity contribution in [3.63, 3.8) is 0 Å². The highest BCUT2D eigenvalue weighted by molar-refractivity contribution is 5.72. The van der Waals surface area contributed by atoms with E-state index in [1.165, 1.54) is 0 Å². The molecular formula is C10H10F3NO2. The summed E-state index contributed by atoms with van der Waals surface area (Å²) in [7, 11) is 0. The van der Waals surface area contributed by atoms with E-state index >= 15 is 0 Å². The molecule has 0 bridgehead atoms. The molecule has 6 heteroatoms. The molecule has 0 aliphatic rings. The number of hydrogen-bond donors (Lipinski definition) is 0. The Bertz CT molecular complexity index is 382. The fraction of sp³-hybridized carbons (Fsp3) is 0.400. The van der Waals surface area contributed by atoms with Crippen LogP contribution in [0.4, 0.5) is 13.2 Å². The van der Waals surface area contributed by atoms with Gasteiger partial charge in [-0.1, -0.05) is 0 Å². The topological polar surface area (TPSA) is 39.2 Å². The Morgan fingerprint density at radius 2 is 2.19 bits per heavy atom. The lowest BCUT2D eigenvalue weighted by molar-refractivity contribution is -0.142.